The third-order valence-corrected chi connectivity index (χ3v) is 7.65. The number of fused-ring (bicyclic) bond motifs is 1. The first-order chi connectivity index (χ1) is 12.6. The highest BCUT2D eigenvalue weighted by atomic mass is 35.5. The molecule has 0 unspecified atom stereocenters. The second-order valence-corrected chi connectivity index (χ2v) is 10.3. The van der Waals surface area contributed by atoms with Gasteiger partial charge in [0.05, 0.1) is 15.6 Å². The van der Waals surface area contributed by atoms with Crippen LogP contribution in [0.3, 0.4) is 0 Å². The maximum atomic E-state index is 12.7. The van der Waals surface area contributed by atoms with Gasteiger partial charge in [0.25, 0.3) is 10.0 Å². The number of hydrogen-bond donors (Lipinski definition) is 1. The molecule has 0 saturated heterocycles. The van der Waals surface area contributed by atoms with Crippen molar-refractivity contribution < 1.29 is 16.8 Å². The minimum absolute atomic E-state index is 0.0114. The third kappa shape index (κ3) is 3.93. The van der Waals surface area contributed by atoms with Crippen LogP contribution in [0.1, 0.15) is 0 Å². The second-order valence-electron chi connectivity index (χ2n) is 6.05. The zero-order chi connectivity index (χ0) is 19.8. The summed E-state index contributed by atoms with van der Waals surface area (Å²) >= 11 is 6.00. The standard InChI is InChI=1S/C18H17ClN2O4S2/c1-21(2)27(24,25)18-12-15(8-10-17(18)19)20-26(22,23)16-9-7-13-5-3-4-6-14(13)11-16/h3-12,20H,1-2H3. The third-order valence-electron chi connectivity index (χ3n) is 3.97. The number of hydrogen-bond acceptors (Lipinski definition) is 4. The highest BCUT2D eigenvalue weighted by molar-refractivity contribution is 7.92. The van der Waals surface area contributed by atoms with Crippen molar-refractivity contribution in [2.24, 2.45) is 0 Å². The molecule has 0 spiro atoms. The van der Waals surface area contributed by atoms with E-state index in [1.54, 1.807) is 12.1 Å². The highest BCUT2D eigenvalue weighted by Gasteiger charge is 2.22. The molecule has 27 heavy (non-hydrogen) atoms. The smallest absolute Gasteiger partial charge is 0.261 e. The van der Waals surface area contributed by atoms with Gasteiger partial charge in [-0.2, -0.15) is 0 Å². The van der Waals surface area contributed by atoms with Crippen molar-refractivity contribution in [1.82, 2.24) is 4.31 Å². The van der Waals surface area contributed by atoms with Crippen molar-refractivity contribution in [3.05, 3.63) is 65.7 Å². The van der Waals surface area contributed by atoms with Gasteiger partial charge in [-0.3, -0.25) is 4.72 Å². The van der Waals surface area contributed by atoms with Crippen LogP contribution in [0, 0.1) is 0 Å². The molecule has 0 aliphatic rings. The normalized spacial score (nSPS) is 12.4. The molecule has 3 rings (SSSR count). The summed E-state index contributed by atoms with van der Waals surface area (Å²) in [6.07, 6.45) is 0. The molecular formula is C18H17ClN2O4S2. The second kappa shape index (κ2) is 7.12. The molecular weight excluding hydrogens is 408 g/mol. The predicted octanol–water partition coefficient (Wildman–Crippen LogP) is 3.54. The van der Waals surface area contributed by atoms with E-state index in [-0.39, 0.29) is 20.5 Å². The molecule has 0 aliphatic carbocycles. The van der Waals surface area contributed by atoms with E-state index in [0.717, 1.165) is 15.1 Å². The van der Waals surface area contributed by atoms with Crippen LogP contribution in [0.15, 0.2) is 70.5 Å². The van der Waals surface area contributed by atoms with Gasteiger partial charge in [0.1, 0.15) is 4.90 Å². The molecule has 0 radical (unpaired) electrons. The molecule has 0 amide bonds. The van der Waals surface area contributed by atoms with Gasteiger partial charge in [0, 0.05) is 14.1 Å². The molecule has 0 aliphatic heterocycles. The van der Waals surface area contributed by atoms with Crippen molar-refractivity contribution in [2.45, 2.75) is 9.79 Å². The molecule has 0 bridgehead atoms. The van der Waals surface area contributed by atoms with Crippen LogP contribution in [0.2, 0.25) is 5.02 Å². The Morgan fingerprint density at radius 1 is 0.852 bits per heavy atom. The number of nitrogens with zero attached hydrogens (tertiary/aromatic N) is 1. The molecule has 0 saturated carbocycles. The lowest BCUT2D eigenvalue weighted by Crippen LogP contribution is -2.23. The maximum absolute atomic E-state index is 12.7. The van der Waals surface area contributed by atoms with Crippen LogP contribution in [0.25, 0.3) is 10.8 Å². The number of benzene rings is 3. The molecule has 6 nitrogen and oxygen atoms in total. The van der Waals surface area contributed by atoms with E-state index in [4.69, 9.17) is 11.6 Å². The lowest BCUT2D eigenvalue weighted by Gasteiger charge is -2.15. The number of sulfonamides is 2. The van der Waals surface area contributed by atoms with Crippen LogP contribution in [-0.4, -0.2) is 35.2 Å². The fourth-order valence-electron chi connectivity index (χ4n) is 2.51. The van der Waals surface area contributed by atoms with Crippen molar-refractivity contribution in [1.29, 1.82) is 0 Å². The molecule has 9 heteroatoms. The fraction of sp³-hybridized carbons (Fsp3) is 0.111. The van der Waals surface area contributed by atoms with Gasteiger partial charge >= 0.3 is 0 Å². The Balaban J connectivity index is 2.00. The van der Waals surface area contributed by atoms with Gasteiger partial charge < -0.3 is 0 Å². The van der Waals surface area contributed by atoms with E-state index in [2.05, 4.69) is 4.72 Å². The lowest BCUT2D eigenvalue weighted by atomic mass is 10.1. The van der Waals surface area contributed by atoms with Gasteiger partial charge in [-0.25, -0.2) is 21.1 Å². The number of nitrogens with one attached hydrogen (secondary N) is 1. The summed E-state index contributed by atoms with van der Waals surface area (Å²) in [5.74, 6) is 0. The minimum Gasteiger partial charge on any atom is -0.280 e. The predicted molar refractivity (Wildman–Crippen MR) is 107 cm³/mol. The largest absolute Gasteiger partial charge is 0.280 e. The van der Waals surface area contributed by atoms with Gasteiger partial charge in [-0.1, -0.05) is 41.9 Å². The van der Waals surface area contributed by atoms with Crippen LogP contribution in [-0.2, 0) is 20.0 Å². The summed E-state index contributed by atoms with van der Waals surface area (Å²) < 4.78 is 53.6. The average Bonchev–Trinajstić information content (AvgIpc) is 2.62. The van der Waals surface area contributed by atoms with Gasteiger partial charge in [0.15, 0.2) is 0 Å². The van der Waals surface area contributed by atoms with Crippen LogP contribution in [0.4, 0.5) is 5.69 Å². The minimum atomic E-state index is -3.90. The van der Waals surface area contributed by atoms with Crippen molar-refractivity contribution in [3.8, 4) is 0 Å². The van der Waals surface area contributed by atoms with E-state index in [1.807, 2.05) is 24.3 Å². The van der Waals surface area contributed by atoms with Crippen LogP contribution in [0.5, 0.6) is 0 Å². The molecule has 142 valence electrons. The number of halogens is 1. The van der Waals surface area contributed by atoms with Gasteiger partial charge in [-0.15, -0.1) is 0 Å². The van der Waals surface area contributed by atoms with Crippen LogP contribution < -0.4 is 4.72 Å². The summed E-state index contributed by atoms with van der Waals surface area (Å²) in [7, 11) is -4.97. The number of anilines is 1. The molecule has 3 aromatic carbocycles. The molecule has 0 heterocycles. The fourth-order valence-corrected chi connectivity index (χ4v) is 4.99. The van der Waals surface area contributed by atoms with E-state index < -0.39 is 20.0 Å². The van der Waals surface area contributed by atoms with Gasteiger partial charge in [-0.05, 0) is 41.1 Å². The van der Waals surface area contributed by atoms with Crippen molar-refractivity contribution >= 4 is 48.1 Å². The maximum Gasteiger partial charge on any atom is 0.261 e. The molecule has 0 atom stereocenters. The quantitative estimate of drug-likeness (QED) is 0.678. The average molecular weight is 425 g/mol. The topological polar surface area (TPSA) is 83.6 Å². The first kappa shape index (κ1) is 19.6. The Hall–Kier alpha value is -2.13. The summed E-state index contributed by atoms with van der Waals surface area (Å²) in [5.41, 5.74) is 0.105. The monoisotopic (exact) mass is 424 g/mol. The molecule has 0 aromatic heterocycles. The van der Waals surface area contributed by atoms with Crippen molar-refractivity contribution in [3.63, 3.8) is 0 Å². The molecule has 0 fully saturated rings. The van der Waals surface area contributed by atoms with E-state index in [1.165, 1.54) is 38.4 Å². The first-order valence-corrected chi connectivity index (χ1v) is 11.1. The van der Waals surface area contributed by atoms with Crippen LogP contribution >= 0.6 is 11.6 Å². The lowest BCUT2D eigenvalue weighted by molar-refractivity contribution is 0.521. The summed E-state index contributed by atoms with van der Waals surface area (Å²) in [6.45, 7) is 0. The number of rotatable bonds is 5. The van der Waals surface area contributed by atoms with E-state index >= 15 is 0 Å². The van der Waals surface area contributed by atoms with E-state index in [0.29, 0.717) is 0 Å². The van der Waals surface area contributed by atoms with Gasteiger partial charge in [0.2, 0.25) is 10.0 Å². The Morgan fingerprint density at radius 3 is 2.19 bits per heavy atom. The summed E-state index contributed by atoms with van der Waals surface area (Å²) in [4.78, 5) is -0.0963. The Labute approximate surface area is 163 Å². The first-order valence-electron chi connectivity index (χ1n) is 7.85. The zero-order valence-corrected chi connectivity index (χ0v) is 16.9. The Kier molecular flexibility index (Phi) is 5.18. The van der Waals surface area contributed by atoms with Crippen molar-refractivity contribution in [2.75, 3.05) is 18.8 Å². The Morgan fingerprint density at radius 2 is 1.52 bits per heavy atom. The summed E-state index contributed by atoms with van der Waals surface area (Å²) in [5, 5.41) is 1.71. The summed E-state index contributed by atoms with van der Waals surface area (Å²) in [6, 6.07) is 16.1. The molecule has 3 aromatic rings. The van der Waals surface area contributed by atoms with E-state index in [9.17, 15) is 16.8 Å². The zero-order valence-electron chi connectivity index (χ0n) is 14.5. The Bertz CT molecular complexity index is 1220. The highest BCUT2D eigenvalue weighted by Crippen LogP contribution is 2.28. The molecule has 1 N–H and O–H groups in total. The SMILES string of the molecule is CN(C)S(=O)(=O)c1cc(NS(=O)(=O)c2ccc3ccccc3c2)ccc1Cl.